The lowest BCUT2D eigenvalue weighted by Crippen LogP contribution is -2.45. The monoisotopic (exact) mass is 393 g/mol. The van der Waals surface area contributed by atoms with Gasteiger partial charge in [-0.3, -0.25) is 4.79 Å². The molecular weight excluding hydrogens is 370 g/mol. The Balaban J connectivity index is 1.58. The number of thiazole rings is 1. The zero-order valence-corrected chi connectivity index (χ0v) is 16.8. The predicted octanol–water partition coefficient (Wildman–Crippen LogP) is 4.46. The minimum absolute atomic E-state index is 0.0923. The van der Waals surface area contributed by atoms with Gasteiger partial charge in [0.15, 0.2) is 5.13 Å². The number of thiophene rings is 1. The zero-order chi connectivity index (χ0) is 18.7. The lowest BCUT2D eigenvalue weighted by atomic mass is 9.97. The number of nitrogens with zero attached hydrogens (tertiary/aromatic N) is 2. The molecule has 0 aromatic carbocycles. The molecule has 2 aromatic heterocycles. The van der Waals surface area contributed by atoms with E-state index in [0.717, 1.165) is 23.4 Å². The Morgan fingerprint density at radius 1 is 1.35 bits per heavy atom. The number of carbonyl (C=O) groups excluding carboxylic acids is 2. The first-order chi connectivity index (χ1) is 12.3. The van der Waals surface area contributed by atoms with Crippen LogP contribution in [0.2, 0.25) is 0 Å². The largest absolute Gasteiger partial charge is 0.444 e. The van der Waals surface area contributed by atoms with Crippen molar-refractivity contribution in [2.45, 2.75) is 39.2 Å². The highest BCUT2D eigenvalue weighted by Crippen LogP contribution is 2.29. The normalized spacial score (nSPS) is 17.8. The molecule has 0 radical (unpaired) electrons. The van der Waals surface area contributed by atoms with Gasteiger partial charge in [0.05, 0.1) is 16.5 Å². The first-order valence-electron chi connectivity index (χ1n) is 8.60. The third kappa shape index (κ3) is 4.82. The summed E-state index contributed by atoms with van der Waals surface area (Å²) in [6.07, 6.45) is 1.19. The number of carbonyl (C=O) groups is 2. The maximum atomic E-state index is 12.6. The molecule has 1 aliphatic heterocycles. The number of aromatic nitrogens is 1. The van der Waals surface area contributed by atoms with Crippen LogP contribution in [0, 0.1) is 5.92 Å². The van der Waals surface area contributed by atoms with Crippen molar-refractivity contribution >= 4 is 39.8 Å². The van der Waals surface area contributed by atoms with E-state index in [0.29, 0.717) is 18.2 Å². The van der Waals surface area contributed by atoms with E-state index < -0.39 is 5.60 Å². The highest BCUT2D eigenvalue weighted by molar-refractivity contribution is 7.16. The Bertz CT molecular complexity index is 765. The van der Waals surface area contributed by atoms with Gasteiger partial charge in [-0.25, -0.2) is 9.78 Å². The van der Waals surface area contributed by atoms with Crippen LogP contribution >= 0.6 is 22.7 Å². The van der Waals surface area contributed by atoms with Crippen molar-refractivity contribution < 1.29 is 14.3 Å². The Kier molecular flexibility index (Phi) is 5.62. The van der Waals surface area contributed by atoms with Gasteiger partial charge in [0.25, 0.3) is 0 Å². The van der Waals surface area contributed by atoms with Crippen molar-refractivity contribution in [3.8, 4) is 10.6 Å². The molecule has 0 spiro atoms. The Hall–Kier alpha value is -1.93. The zero-order valence-electron chi connectivity index (χ0n) is 15.2. The molecule has 2 amide bonds. The second-order valence-electron chi connectivity index (χ2n) is 7.27. The van der Waals surface area contributed by atoms with Crippen LogP contribution in [0.1, 0.15) is 33.6 Å². The third-order valence-corrected chi connectivity index (χ3v) is 5.60. The van der Waals surface area contributed by atoms with Gasteiger partial charge >= 0.3 is 6.09 Å². The summed E-state index contributed by atoms with van der Waals surface area (Å²) in [6.45, 7) is 6.52. The van der Waals surface area contributed by atoms with Crippen LogP contribution < -0.4 is 5.32 Å². The highest BCUT2D eigenvalue weighted by Gasteiger charge is 2.31. The SMILES string of the molecule is CC(C)(C)OC(=O)N1CCCC(C(=O)Nc2nc(-c3cccs3)cs2)C1. The molecule has 3 heterocycles. The van der Waals surface area contributed by atoms with Crippen LogP contribution in [0.15, 0.2) is 22.9 Å². The number of ether oxygens (including phenoxy) is 1. The predicted molar refractivity (Wildman–Crippen MR) is 105 cm³/mol. The van der Waals surface area contributed by atoms with Gasteiger partial charge in [-0.15, -0.1) is 22.7 Å². The van der Waals surface area contributed by atoms with Crippen LogP contribution in [0.25, 0.3) is 10.6 Å². The first kappa shape index (κ1) is 18.8. The maximum absolute atomic E-state index is 12.6. The van der Waals surface area contributed by atoms with E-state index in [1.165, 1.54) is 11.3 Å². The summed E-state index contributed by atoms with van der Waals surface area (Å²) < 4.78 is 5.41. The molecule has 0 bridgehead atoms. The van der Waals surface area contributed by atoms with Crippen molar-refractivity contribution in [1.82, 2.24) is 9.88 Å². The molecular formula is C18H23N3O3S2. The van der Waals surface area contributed by atoms with Gasteiger partial charge in [0.1, 0.15) is 5.60 Å². The molecule has 26 heavy (non-hydrogen) atoms. The van der Waals surface area contributed by atoms with E-state index in [1.807, 2.05) is 43.7 Å². The standard InChI is InChI=1S/C18H23N3O3S2/c1-18(2,3)24-17(23)21-8-4-6-12(10-21)15(22)20-16-19-13(11-26-16)14-7-5-9-25-14/h5,7,9,11-12H,4,6,8,10H2,1-3H3,(H,19,20,22). The number of piperidine rings is 1. The van der Waals surface area contributed by atoms with Crippen molar-refractivity contribution in [2.75, 3.05) is 18.4 Å². The molecule has 1 saturated heterocycles. The van der Waals surface area contributed by atoms with E-state index in [4.69, 9.17) is 4.74 Å². The molecule has 1 aliphatic rings. The van der Waals surface area contributed by atoms with Gasteiger partial charge in [0.2, 0.25) is 5.91 Å². The van der Waals surface area contributed by atoms with Crippen LogP contribution in [0.4, 0.5) is 9.93 Å². The second-order valence-corrected chi connectivity index (χ2v) is 9.08. The van der Waals surface area contributed by atoms with Crippen LogP contribution in [0.5, 0.6) is 0 Å². The summed E-state index contributed by atoms with van der Waals surface area (Å²) in [4.78, 5) is 32.0. The van der Waals surface area contributed by atoms with E-state index >= 15 is 0 Å². The number of anilines is 1. The number of likely N-dealkylation sites (tertiary alicyclic amines) is 1. The van der Waals surface area contributed by atoms with Crippen molar-refractivity contribution in [2.24, 2.45) is 5.92 Å². The molecule has 1 N–H and O–H groups in total. The lowest BCUT2D eigenvalue weighted by Gasteiger charge is -2.33. The van der Waals surface area contributed by atoms with E-state index in [1.54, 1.807) is 16.2 Å². The number of rotatable bonds is 3. The number of amides is 2. The average Bonchev–Trinajstić information content (AvgIpc) is 3.24. The number of nitrogens with one attached hydrogen (secondary N) is 1. The molecule has 2 aromatic rings. The molecule has 0 aliphatic carbocycles. The second kappa shape index (κ2) is 7.75. The summed E-state index contributed by atoms with van der Waals surface area (Å²) in [5.41, 5.74) is 0.338. The molecule has 0 saturated carbocycles. The van der Waals surface area contributed by atoms with Gasteiger partial charge < -0.3 is 15.0 Å². The quantitative estimate of drug-likeness (QED) is 0.836. The summed E-state index contributed by atoms with van der Waals surface area (Å²) in [5.74, 6) is -0.337. The Morgan fingerprint density at radius 2 is 2.15 bits per heavy atom. The fourth-order valence-electron chi connectivity index (χ4n) is 2.76. The van der Waals surface area contributed by atoms with E-state index in [9.17, 15) is 9.59 Å². The van der Waals surface area contributed by atoms with E-state index in [2.05, 4.69) is 10.3 Å². The topological polar surface area (TPSA) is 71.5 Å². The van der Waals surface area contributed by atoms with Crippen molar-refractivity contribution in [1.29, 1.82) is 0 Å². The maximum Gasteiger partial charge on any atom is 0.410 e. The molecule has 6 nitrogen and oxygen atoms in total. The molecule has 1 atom stereocenters. The minimum atomic E-state index is -0.536. The van der Waals surface area contributed by atoms with E-state index in [-0.39, 0.29) is 17.9 Å². The fraction of sp³-hybridized carbons (Fsp3) is 0.500. The molecule has 1 unspecified atom stereocenters. The molecule has 1 fully saturated rings. The van der Waals surface area contributed by atoms with Crippen LogP contribution in [-0.2, 0) is 9.53 Å². The molecule has 3 rings (SSSR count). The summed E-state index contributed by atoms with van der Waals surface area (Å²) in [5, 5.41) is 7.43. The summed E-state index contributed by atoms with van der Waals surface area (Å²) in [7, 11) is 0. The van der Waals surface area contributed by atoms with Crippen molar-refractivity contribution in [3.05, 3.63) is 22.9 Å². The van der Waals surface area contributed by atoms with Gasteiger partial charge in [-0.1, -0.05) is 6.07 Å². The van der Waals surface area contributed by atoms with Crippen LogP contribution in [0.3, 0.4) is 0 Å². The summed E-state index contributed by atoms with van der Waals surface area (Å²) in [6, 6.07) is 3.98. The van der Waals surface area contributed by atoms with Gasteiger partial charge in [-0.2, -0.15) is 0 Å². The third-order valence-electron chi connectivity index (χ3n) is 3.95. The first-order valence-corrected chi connectivity index (χ1v) is 10.4. The lowest BCUT2D eigenvalue weighted by molar-refractivity contribution is -0.121. The number of hydrogen-bond donors (Lipinski definition) is 1. The number of hydrogen-bond acceptors (Lipinski definition) is 6. The van der Waals surface area contributed by atoms with Crippen LogP contribution in [-0.4, -0.2) is 40.6 Å². The van der Waals surface area contributed by atoms with Crippen molar-refractivity contribution in [3.63, 3.8) is 0 Å². The summed E-state index contributed by atoms with van der Waals surface area (Å²) >= 11 is 3.03. The average molecular weight is 394 g/mol. The molecule has 8 heteroatoms. The van der Waals surface area contributed by atoms with Gasteiger partial charge in [-0.05, 0) is 45.1 Å². The molecule has 140 valence electrons. The Morgan fingerprint density at radius 3 is 2.85 bits per heavy atom. The fourth-order valence-corrected chi connectivity index (χ4v) is 4.23. The van der Waals surface area contributed by atoms with Gasteiger partial charge in [0, 0.05) is 18.5 Å². The smallest absolute Gasteiger partial charge is 0.410 e. The Labute approximate surface area is 161 Å². The highest BCUT2D eigenvalue weighted by atomic mass is 32.1. The minimum Gasteiger partial charge on any atom is -0.444 e.